The van der Waals surface area contributed by atoms with Crippen LogP contribution in [0.3, 0.4) is 0 Å². The Labute approximate surface area is 141 Å². The van der Waals surface area contributed by atoms with Crippen molar-refractivity contribution in [2.75, 3.05) is 6.61 Å². The number of nitrogens with zero attached hydrogens (tertiary/aromatic N) is 2. The number of hydrogen-bond donors (Lipinski definition) is 1. The van der Waals surface area contributed by atoms with Gasteiger partial charge in [-0.3, -0.25) is 4.79 Å². The van der Waals surface area contributed by atoms with Crippen molar-refractivity contribution in [3.8, 4) is 11.8 Å². The summed E-state index contributed by atoms with van der Waals surface area (Å²) in [5.74, 6) is -0.00270. The fraction of sp³-hybridized carbons (Fsp3) is 0.211. The predicted octanol–water partition coefficient (Wildman–Crippen LogP) is 3.09. The van der Waals surface area contributed by atoms with Crippen molar-refractivity contribution in [2.45, 2.75) is 20.8 Å². The number of carbonyl (C=O) groups is 1. The van der Waals surface area contributed by atoms with Gasteiger partial charge in [0, 0.05) is 5.56 Å². The van der Waals surface area contributed by atoms with Gasteiger partial charge < -0.3 is 4.74 Å². The van der Waals surface area contributed by atoms with Gasteiger partial charge in [0.2, 0.25) is 0 Å². The van der Waals surface area contributed by atoms with E-state index in [4.69, 9.17) is 10.00 Å². The molecule has 0 aliphatic carbocycles. The van der Waals surface area contributed by atoms with Crippen LogP contribution in [-0.4, -0.2) is 18.2 Å². The fourth-order valence-corrected chi connectivity index (χ4v) is 2.29. The Bertz CT molecular complexity index is 820. The number of para-hydroxylation sites is 1. The van der Waals surface area contributed by atoms with E-state index < -0.39 is 0 Å². The third kappa shape index (κ3) is 4.43. The maximum absolute atomic E-state index is 11.9. The molecule has 0 bridgehead atoms. The summed E-state index contributed by atoms with van der Waals surface area (Å²) < 4.78 is 5.36. The summed E-state index contributed by atoms with van der Waals surface area (Å²) in [5, 5.41) is 13.1. The lowest BCUT2D eigenvalue weighted by Gasteiger charge is -2.08. The summed E-state index contributed by atoms with van der Waals surface area (Å²) in [7, 11) is 0. The first-order valence-corrected chi connectivity index (χ1v) is 7.54. The van der Waals surface area contributed by atoms with E-state index in [9.17, 15) is 4.79 Å². The van der Waals surface area contributed by atoms with Gasteiger partial charge in [-0.25, -0.2) is 5.43 Å². The second-order valence-corrected chi connectivity index (χ2v) is 5.45. The zero-order chi connectivity index (χ0) is 17.5. The van der Waals surface area contributed by atoms with Gasteiger partial charge in [-0.05, 0) is 38.5 Å². The minimum absolute atomic E-state index is 0.206. The number of nitriles is 1. The molecule has 0 aliphatic rings. The molecule has 0 fully saturated rings. The third-order valence-electron chi connectivity index (χ3n) is 3.49. The molecule has 0 atom stereocenters. The van der Waals surface area contributed by atoms with Crippen LogP contribution in [0.4, 0.5) is 0 Å². The predicted molar refractivity (Wildman–Crippen MR) is 92.9 cm³/mol. The lowest BCUT2D eigenvalue weighted by molar-refractivity contribution is -0.123. The highest BCUT2D eigenvalue weighted by Gasteiger charge is 2.07. The molecule has 2 rings (SSSR count). The molecule has 0 heterocycles. The van der Waals surface area contributed by atoms with Gasteiger partial charge in [0.05, 0.1) is 11.3 Å². The van der Waals surface area contributed by atoms with E-state index in [1.807, 2.05) is 39.0 Å². The van der Waals surface area contributed by atoms with Crippen LogP contribution in [0.1, 0.15) is 29.2 Å². The van der Waals surface area contributed by atoms with Crippen molar-refractivity contribution in [1.29, 1.82) is 5.26 Å². The first-order valence-electron chi connectivity index (χ1n) is 7.54. The molecule has 24 heavy (non-hydrogen) atoms. The summed E-state index contributed by atoms with van der Waals surface area (Å²) in [4.78, 5) is 11.9. The monoisotopic (exact) mass is 321 g/mol. The van der Waals surface area contributed by atoms with E-state index >= 15 is 0 Å². The van der Waals surface area contributed by atoms with Crippen molar-refractivity contribution < 1.29 is 9.53 Å². The van der Waals surface area contributed by atoms with E-state index in [0.717, 1.165) is 16.8 Å². The van der Waals surface area contributed by atoms with Gasteiger partial charge in [-0.1, -0.05) is 35.9 Å². The SMILES string of the molecule is C/C(=N/NC(=O)COc1ccccc1C#N)c1ccc(C)cc1C. The molecule has 5 nitrogen and oxygen atoms in total. The van der Waals surface area contributed by atoms with E-state index in [1.165, 1.54) is 5.56 Å². The molecular formula is C19H19N3O2. The minimum Gasteiger partial charge on any atom is -0.482 e. The number of benzene rings is 2. The Kier molecular flexibility index (Phi) is 5.69. The van der Waals surface area contributed by atoms with Gasteiger partial charge >= 0.3 is 0 Å². The van der Waals surface area contributed by atoms with Crippen LogP contribution in [0.15, 0.2) is 47.6 Å². The second-order valence-electron chi connectivity index (χ2n) is 5.45. The van der Waals surface area contributed by atoms with E-state index in [0.29, 0.717) is 11.3 Å². The number of rotatable bonds is 5. The van der Waals surface area contributed by atoms with Gasteiger partial charge in [0.1, 0.15) is 11.8 Å². The standard InChI is InChI=1S/C19H19N3O2/c1-13-8-9-17(14(2)10-13)15(3)21-22-19(23)12-24-18-7-5-4-6-16(18)11-20/h4-10H,12H2,1-3H3,(H,22,23)/b21-15-. The Morgan fingerprint density at radius 2 is 2.00 bits per heavy atom. The van der Waals surface area contributed by atoms with Crippen molar-refractivity contribution in [1.82, 2.24) is 5.43 Å². The number of hydrogen-bond acceptors (Lipinski definition) is 4. The summed E-state index contributed by atoms with van der Waals surface area (Å²) >= 11 is 0. The normalized spacial score (nSPS) is 10.8. The van der Waals surface area contributed by atoms with Gasteiger partial charge in [0.15, 0.2) is 6.61 Å². The van der Waals surface area contributed by atoms with Crippen molar-refractivity contribution >= 4 is 11.6 Å². The van der Waals surface area contributed by atoms with Crippen LogP contribution < -0.4 is 10.2 Å². The number of nitrogens with one attached hydrogen (secondary N) is 1. The van der Waals surface area contributed by atoms with Crippen LogP contribution in [0.25, 0.3) is 0 Å². The minimum atomic E-state index is -0.383. The summed E-state index contributed by atoms with van der Waals surface area (Å²) in [6.07, 6.45) is 0. The van der Waals surface area contributed by atoms with E-state index in [-0.39, 0.29) is 12.5 Å². The van der Waals surface area contributed by atoms with Crippen LogP contribution in [0, 0.1) is 25.2 Å². The first kappa shape index (κ1) is 17.2. The number of amides is 1. The number of ether oxygens (including phenoxy) is 1. The molecule has 122 valence electrons. The van der Waals surface area contributed by atoms with Gasteiger partial charge in [0.25, 0.3) is 5.91 Å². The molecule has 1 N–H and O–H groups in total. The number of aryl methyl sites for hydroxylation is 2. The summed E-state index contributed by atoms with van der Waals surface area (Å²) in [5.41, 5.74) is 6.84. The molecule has 1 amide bonds. The first-order chi connectivity index (χ1) is 11.5. The highest BCUT2D eigenvalue weighted by molar-refractivity contribution is 6.00. The molecule has 0 spiro atoms. The Morgan fingerprint density at radius 3 is 2.71 bits per heavy atom. The van der Waals surface area contributed by atoms with Crippen molar-refractivity contribution in [3.05, 3.63) is 64.7 Å². The van der Waals surface area contributed by atoms with Crippen molar-refractivity contribution in [3.63, 3.8) is 0 Å². The molecule has 0 aromatic heterocycles. The summed E-state index contributed by atoms with van der Waals surface area (Å²) in [6.45, 7) is 5.67. The third-order valence-corrected chi connectivity index (χ3v) is 3.49. The molecule has 2 aromatic rings. The molecular weight excluding hydrogens is 302 g/mol. The highest BCUT2D eigenvalue weighted by atomic mass is 16.5. The lowest BCUT2D eigenvalue weighted by atomic mass is 10.0. The van der Waals surface area contributed by atoms with E-state index in [2.05, 4.69) is 16.6 Å². The topological polar surface area (TPSA) is 74.5 Å². The molecule has 0 radical (unpaired) electrons. The van der Waals surface area contributed by atoms with E-state index in [1.54, 1.807) is 24.3 Å². The number of carbonyl (C=O) groups excluding carboxylic acids is 1. The summed E-state index contributed by atoms with van der Waals surface area (Å²) in [6, 6.07) is 14.8. The quantitative estimate of drug-likeness (QED) is 0.679. The molecule has 0 saturated carbocycles. The van der Waals surface area contributed by atoms with Crippen LogP contribution >= 0.6 is 0 Å². The maximum atomic E-state index is 11.9. The molecule has 5 heteroatoms. The van der Waals surface area contributed by atoms with Crippen molar-refractivity contribution in [2.24, 2.45) is 5.10 Å². The average molecular weight is 321 g/mol. The number of hydrazone groups is 1. The Balaban J connectivity index is 1.96. The Morgan fingerprint density at radius 1 is 1.25 bits per heavy atom. The zero-order valence-electron chi connectivity index (χ0n) is 14.0. The second kappa shape index (κ2) is 7.93. The smallest absolute Gasteiger partial charge is 0.277 e. The fourth-order valence-electron chi connectivity index (χ4n) is 2.29. The van der Waals surface area contributed by atoms with Crippen LogP contribution in [-0.2, 0) is 4.79 Å². The molecule has 0 saturated heterocycles. The van der Waals surface area contributed by atoms with Gasteiger partial charge in [-0.15, -0.1) is 0 Å². The molecule has 0 unspecified atom stereocenters. The largest absolute Gasteiger partial charge is 0.482 e. The molecule has 2 aromatic carbocycles. The van der Waals surface area contributed by atoms with Gasteiger partial charge in [-0.2, -0.15) is 10.4 Å². The Hall–Kier alpha value is -3.13. The molecule has 0 aliphatic heterocycles. The highest BCUT2D eigenvalue weighted by Crippen LogP contribution is 2.16. The van der Waals surface area contributed by atoms with Crippen LogP contribution in [0.5, 0.6) is 5.75 Å². The lowest BCUT2D eigenvalue weighted by Crippen LogP contribution is -2.25. The van der Waals surface area contributed by atoms with Crippen LogP contribution in [0.2, 0.25) is 0 Å². The zero-order valence-corrected chi connectivity index (χ0v) is 14.0. The maximum Gasteiger partial charge on any atom is 0.277 e. The average Bonchev–Trinajstić information content (AvgIpc) is 2.58.